The third kappa shape index (κ3) is 4.25. The minimum absolute atomic E-state index is 0.0713. The highest BCUT2D eigenvalue weighted by molar-refractivity contribution is 5.88. The molecule has 0 bridgehead atoms. The zero-order valence-electron chi connectivity index (χ0n) is 17.1. The van der Waals surface area contributed by atoms with Gasteiger partial charge in [-0.1, -0.05) is 0 Å². The monoisotopic (exact) mass is 413 g/mol. The van der Waals surface area contributed by atoms with Crippen molar-refractivity contribution < 1.29 is 13.9 Å². The second kappa shape index (κ2) is 8.43. The van der Waals surface area contributed by atoms with Crippen LogP contribution in [0.2, 0.25) is 0 Å². The van der Waals surface area contributed by atoms with Crippen molar-refractivity contribution in [2.45, 2.75) is 25.3 Å². The Kier molecular flexibility index (Phi) is 5.52. The number of rotatable bonds is 5. The zero-order chi connectivity index (χ0) is 20.5. The van der Waals surface area contributed by atoms with E-state index in [0.717, 1.165) is 37.7 Å². The highest BCUT2D eigenvalue weighted by Gasteiger charge is 2.38. The van der Waals surface area contributed by atoms with Gasteiger partial charge in [-0.2, -0.15) is 0 Å². The molecule has 3 fully saturated rings. The Balaban J connectivity index is 1.33. The molecule has 2 saturated heterocycles. The van der Waals surface area contributed by atoms with Crippen LogP contribution in [0.3, 0.4) is 0 Å². The van der Waals surface area contributed by atoms with Gasteiger partial charge in [-0.05, 0) is 43.2 Å². The van der Waals surface area contributed by atoms with E-state index in [1.165, 1.54) is 25.1 Å². The molecule has 1 amide bonds. The van der Waals surface area contributed by atoms with Crippen LogP contribution in [0.1, 0.15) is 19.3 Å². The molecule has 3 aliphatic rings. The van der Waals surface area contributed by atoms with Crippen molar-refractivity contribution in [1.82, 2.24) is 20.2 Å². The van der Waals surface area contributed by atoms with Crippen molar-refractivity contribution in [1.29, 1.82) is 0 Å². The minimum Gasteiger partial charge on any atom is -0.379 e. The number of morpholine rings is 1. The SMILES string of the molecule is O=C(CN1CCOCC1)NC1CC(C2CC2)CN(c2ccc(F)c3nccnc23)C1. The second-order valence-corrected chi connectivity index (χ2v) is 8.71. The summed E-state index contributed by atoms with van der Waals surface area (Å²) < 4.78 is 19.6. The van der Waals surface area contributed by atoms with Crippen LogP contribution in [0.4, 0.5) is 10.1 Å². The third-order valence-electron chi connectivity index (χ3n) is 6.50. The number of piperidine rings is 1. The quantitative estimate of drug-likeness (QED) is 0.807. The summed E-state index contributed by atoms with van der Waals surface area (Å²) in [6.07, 6.45) is 6.65. The van der Waals surface area contributed by atoms with Crippen molar-refractivity contribution in [3.63, 3.8) is 0 Å². The number of nitrogens with one attached hydrogen (secondary N) is 1. The van der Waals surface area contributed by atoms with Crippen molar-refractivity contribution in [2.24, 2.45) is 11.8 Å². The summed E-state index contributed by atoms with van der Waals surface area (Å²) in [5.41, 5.74) is 1.79. The molecule has 1 aromatic heterocycles. The average Bonchev–Trinajstić information content (AvgIpc) is 3.60. The van der Waals surface area contributed by atoms with Gasteiger partial charge in [0.15, 0.2) is 5.82 Å². The number of fused-ring (bicyclic) bond motifs is 1. The van der Waals surface area contributed by atoms with Gasteiger partial charge in [0.25, 0.3) is 0 Å². The van der Waals surface area contributed by atoms with Gasteiger partial charge in [-0.3, -0.25) is 14.7 Å². The van der Waals surface area contributed by atoms with Crippen LogP contribution >= 0.6 is 0 Å². The molecule has 1 aromatic carbocycles. The van der Waals surface area contributed by atoms with E-state index in [-0.39, 0.29) is 17.8 Å². The molecule has 1 saturated carbocycles. The van der Waals surface area contributed by atoms with Crippen LogP contribution in [0, 0.1) is 17.7 Å². The lowest BCUT2D eigenvalue weighted by Crippen LogP contribution is -2.53. The maximum absolute atomic E-state index is 14.2. The van der Waals surface area contributed by atoms with Gasteiger partial charge in [-0.15, -0.1) is 0 Å². The number of hydrogen-bond acceptors (Lipinski definition) is 6. The van der Waals surface area contributed by atoms with Gasteiger partial charge in [0.05, 0.1) is 25.4 Å². The van der Waals surface area contributed by atoms with E-state index >= 15 is 0 Å². The summed E-state index contributed by atoms with van der Waals surface area (Å²) >= 11 is 0. The molecule has 2 unspecified atom stereocenters. The smallest absolute Gasteiger partial charge is 0.234 e. The number of nitrogens with zero attached hydrogens (tertiary/aromatic N) is 4. The van der Waals surface area contributed by atoms with E-state index < -0.39 is 0 Å². The molecule has 2 atom stereocenters. The van der Waals surface area contributed by atoms with Gasteiger partial charge in [0.1, 0.15) is 11.0 Å². The molecule has 5 rings (SSSR count). The third-order valence-corrected chi connectivity index (χ3v) is 6.50. The second-order valence-electron chi connectivity index (χ2n) is 8.71. The van der Waals surface area contributed by atoms with Crippen LogP contribution in [0.25, 0.3) is 11.0 Å². The Labute approximate surface area is 175 Å². The van der Waals surface area contributed by atoms with Gasteiger partial charge in [0.2, 0.25) is 5.91 Å². The first-order chi connectivity index (χ1) is 14.7. The maximum Gasteiger partial charge on any atom is 0.234 e. The molecule has 1 aliphatic carbocycles. The molecule has 30 heavy (non-hydrogen) atoms. The number of aromatic nitrogens is 2. The maximum atomic E-state index is 14.2. The van der Waals surface area contributed by atoms with Crippen LogP contribution in [0.15, 0.2) is 24.5 Å². The van der Waals surface area contributed by atoms with Crippen molar-refractivity contribution >= 4 is 22.6 Å². The summed E-state index contributed by atoms with van der Waals surface area (Å²) in [6, 6.07) is 3.35. The molecule has 3 heterocycles. The number of halogens is 1. The predicted octanol–water partition coefficient (Wildman–Crippen LogP) is 1.82. The van der Waals surface area contributed by atoms with Crippen LogP contribution < -0.4 is 10.2 Å². The highest BCUT2D eigenvalue weighted by Crippen LogP contribution is 2.42. The normalized spacial score (nSPS) is 25.4. The van der Waals surface area contributed by atoms with Crippen molar-refractivity contribution in [3.8, 4) is 0 Å². The zero-order valence-corrected chi connectivity index (χ0v) is 17.1. The number of benzene rings is 1. The molecule has 7 nitrogen and oxygen atoms in total. The lowest BCUT2D eigenvalue weighted by Gasteiger charge is -2.40. The summed E-state index contributed by atoms with van der Waals surface area (Å²) in [5.74, 6) is 0.975. The van der Waals surface area contributed by atoms with Crippen molar-refractivity contribution in [2.75, 3.05) is 50.8 Å². The Morgan fingerprint density at radius 1 is 1.10 bits per heavy atom. The topological polar surface area (TPSA) is 70.6 Å². The summed E-state index contributed by atoms with van der Waals surface area (Å²) in [6.45, 7) is 5.01. The minimum atomic E-state index is -0.354. The molecule has 0 spiro atoms. The lowest BCUT2D eigenvalue weighted by molar-refractivity contribution is -0.124. The van der Waals surface area contributed by atoms with E-state index in [0.29, 0.717) is 43.3 Å². The first-order valence-electron chi connectivity index (χ1n) is 10.9. The molecule has 0 radical (unpaired) electrons. The Bertz CT molecular complexity index is 916. The number of anilines is 1. The first-order valence-corrected chi connectivity index (χ1v) is 10.9. The molecule has 2 aromatic rings. The largest absolute Gasteiger partial charge is 0.379 e. The van der Waals surface area contributed by atoms with E-state index in [4.69, 9.17) is 4.74 Å². The van der Waals surface area contributed by atoms with Gasteiger partial charge in [-0.25, -0.2) is 9.37 Å². The van der Waals surface area contributed by atoms with E-state index in [9.17, 15) is 9.18 Å². The van der Waals surface area contributed by atoms with Crippen LogP contribution in [-0.2, 0) is 9.53 Å². The standard InChI is InChI=1S/C22H28FN5O2/c23-18-3-4-19(22-21(18)24-5-6-25-22)28-12-16(15-1-2-15)11-17(13-28)26-20(29)14-27-7-9-30-10-8-27/h3-6,15-17H,1-2,7-14H2,(H,26,29). The summed E-state index contributed by atoms with van der Waals surface area (Å²) in [5, 5.41) is 3.26. The highest BCUT2D eigenvalue weighted by atomic mass is 19.1. The molecule has 2 aliphatic heterocycles. The number of carbonyl (C=O) groups excluding carboxylic acids is 1. The molecular weight excluding hydrogens is 385 g/mol. The van der Waals surface area contributed by atoms with E-state index in [2.05, 4.69) is 25.1 Å². The number of carbonyl (C=O) groups is 1. The molecule has 160 valence electrons. The first kappa shape index (κ1) is 19.6. The average molecular weight is 413 g/mol. The fourth-order valence-electron chi connectivity index (χ4n) is 4.85. The fourth-order valence-corrected chi connectivity index (χ4v) is 4.85. The Morgan fingerprint density at radius 3 is 2.63 bits per heavy atom. The molecule has 1 N–H and O–H groups in total. The summed E-state index contributed by atoms with van der Waals surface area (Å²) in [7, 11) is 0. The molecular formula is C22H28FN5O2. The Morgan fingerprint density at radius 2 is 1.87 bits per heavy atom. The number of hydrogen-bond donors (Lipinski definition) is 1. The number of amides is 1. The number of ether oxygens (including phenoxy) is 1. The van der Waals surface area contributed by atoms with Crippen LogP contribution in [-0.4, -0.2) is 72.8 Å². The van der Waals surface area contributed by atoms with Gasteiger partial charge < -0.3 is 15.0 Å². The van der Waals surface area contributed by atoms with Crippen LogP contribution in [0.5, 0.6) is 0 Å². The fraction of sp³-hybridized carbons (Fsp3) is 0.591. The lowest BCUT2D eigenvalue weighted by atomic mass is 9.89. The predicted molar refractivity (Wildman–Crippen MR) is 112 cm³/mol. The van der Waals surface area contributed by atoms with Gasteiger partial charge in [0, 0.05) is 44.6 Å². The Hall–Kier alpha value is -2.32. The van der Waals surface area contributed by atoms with E-state index in [1.54, 1.807) is 12.3 Å². The van der Waals surface area contributed by atoms with Gasteiger partial charge >= 0.3 is 0 Å². The molecule has 8 heteroatoms. The summed E-state index contributed by atoms with van der Waals surface area (Å²) in [4.78, 5) is 25.7. The van der Waals surface area contributed by atoms with Crippen molar-refractivity contribution in [3.05, 3.63) is 30.3 Å². The van der Waals surface area contributed by atoms with E-state index in [1.807, 2.05) is 0 Å².